The standard InChI is InChI=1S/C26H46O/c1-3-4-5-6-7-8-9-10-11-12-13-14-15-16-17-18-19-20-25-21-22-26(27)24(2)23-25/h21-23,27H,3-20H2,1-2H3. The molecular formula is C26H46O. The molecule has 0 aliphatic heterocycles. The van der Waals surface area contributed by atoms with E-state index in [1.54, 1.807) is 0 Å². The number of phenols is 1. The Morgan fingerprint density at radius 3 is 1.41 bits per heavy atom. The van der Waals surface area contributed by atoms with Crippen molar-refractivity contribution in [2.45, 2.75) is 129 Å². The highest BCUT2D eigenvalue weighted by atomic mass is 16.3. The number of aryl methyl sites for hydroxylation is 2. The molecule has 156 valence electrons. The van der Waals surface area contributed by atoms with Gasteiger partial charge in [-0.2, -0.15) is 0 Å². The molecule has 0 aromatic heterocycles. The van der Waals surface area contributed by atoms with Crippen molar-refractivity contribution >= 4 is 0 Å². The maximum Gasteiger partial charge on any atom is 0.118 e. The van der Waals surface area contributed by atoms with Gasteiger partial charge in [-0.15, -0.1) is 0 Å². The number of phenolic OH excluding ortho intramolecular Hbond substituents is 1. The zero-order valence-electron chi connectivity index (χ0n) is 18.4. The maximum atomic E-state index is 9.56. The first-order valence-corrected chi connectivity index (χ1v) is 12.0. The topological polar surface area (TPSA) is 20.2 Å². The Morgan fingerprint density at radius 1 is 0.593 bits per heavy atom. The molecule has 1 aromatic carbocycles. The third-order valence-corrected chi connectivity index (χ3v) is 5.83. The number of aromatic hydroxyl groups is 1. The zero-order chi connectivity index (χ0) is 19.6. The summed E-state index contributed by atoms with van der Waals surface area (Å²) < 4.78 is 0. The van der Waals surface area contributed by atoms with Gasteiger partial charge in [0.25, 0.3) is 0 Å². The van der Waals surface area contributed by atoms with Crippen molar-refractivity contribution in [1.82, 2.24) is 0 Å². The van der Waals surface area contributed by atoms with Crippen molar-refractivity contribution in [2.24, 2.45) is 0 Å². The van der Waals surface area contributed by atoms with Gasteiger partial charge in [0.1, 0.15) is 5.75 Å². The summed E-state index contributed by atoms with van der Waals surface area (Å²) in [7, 11) is 0. The van der Waals surface area contributed by atoms with Gasteiger partial charge in [-0.25, -0.2) is 0 Å². The number of hydrogen-bond donors (Lipinski definition) is 1. The molecule has 1 N–H and O–H groups in total. The molecule has 0 radical (unpaired) electrons. The summed E-state index contributed by atoms with van der Waals surface area (Å²) in [4.78, 5) is 0. The summed E-state index contributed by atoms with van der Waals surface area (Å²) in [5.41, 5.74) is 2.37. The maximum absolute atomic E-state index is 9.56. The molecule has 0 aliphatic rings. The van der Waals surface area contributed by atoms with Gasteiger partial charge >= 0.3 is 0 Å². The SMILES string of the molecule is CCCCCCCCCCCCCCCCCCCc1ccc(O)c(C)c1. The van der Waals surface area contributed by atoms with Gasteiger partial charge in [0, 0.05) is 0 Å². The number of hydrogen-bond acceptors (Lipinski definition) is 1. The lowest BCUT2D eigenvalue weighted by Crippen LogP contribution is -1.88. The Kier molecular flexibility index (Phi) is 15.3. The minimum Gasteiger partial charge on any atom is -0.508 e. The summed E-state index contributed by atoms with van der Waals surface area (Å²) in [6.07, 6.45) is 25.4. The van der Waals surface area contributed by atoms with E-state index in [9.17, 15) is 5.11 Å². The van der Waals surface area contributed by atoms with Crippen LogP contribution in [0.2, 0.25) is 0 Å². The second kappa shape index (κ2) is 17.1. The lowest BCUT2D eigenvalue weighted by atomic mass is 10.0. The van der Waals surface area contributed by atoms with Crippen LogP contribution in [0.5, 0.6) is 5.75 Å². The highest BCUT2D eigenvalue weighted by molar-refractivity contribution is 5.34. The number of rotatable bonds is 18. The lowest BCUT2D eigenvalue weighted by Gasteiger charge is -2.05. The molecule has 0 unspecified atom stereocenters. The van der Waals surface area contributed by atoms with E-state index in [0.717, 1.165) is 12.0 Å². The molecule has 1 nitrogen and oxygen atoms in total. The predicted octanol–water partition coefficient (Wildman–Crippen LogP) is 8.89. The van der Waals surface area contributed by atoms with Crippen LogP contribution in [0.25, 0.3) is 0 Å². The van der Waals surface area contributed by atoms with Crippen LogP contribution in [0.3, 0.4) is 0 Å². The van der Waals surface area contributed by atoms with Gasteiger partial charge < -0.3 is 5.11 Å². The summed E-state index contributed by atoms with van der Waals surface area (Å²) in [5, 5.41) is 9.56. The first-order valence-electron chi connectivity index (χ1n) is 12.0. The summed E-state index contributed by atoms with van der Waals surface area (Å²) in [6, 6.07) is 6.02. The van der Waals surface area contributed by atoms with Gasteiger partial charge in [-0.05, 0) is 37.0 Å². The second-order valence-corrected chi connectivity index (χ2v) is 8.53. The summed E-state index contributed by atoms with van der Waals surface area (Å²) in [6.45, 7) is 4.27. The normalized spacial score (nSPS) is 11.2. The van der Waals surface area contributed by atoms with E-state index in [1.807, 2.05) is 13.0 Å². The number of benzene rings is 1. The fraction of sp³-hybridized carbons (Fsp3) is 0.769. The van der Waals surface area contributed by atoms with Gasteiger partial charge in [0.15, 0.2) is 0 Å². The zero-order valence-corrected chi connectivity index (χ0v) is 18.4. The average molecular weight is 375 g/mol. The predicted molar refractivity (Wildman–Crippen MR) is 121 cm³/mol. The molecular weight excluding hydrogens is 328 g/mol. The molecule has 0 spiro atoms. The Bertz CT molecular complexity index is 452. The Hall–Kier alpha value is -0.980. The molecule has 0 fully saturated rings. The van der Waals surface area contributed by atoms with E-state index in [0.29, 0.717) is 5.75 Å². The smallest absolute Gasteiger partial charge is 0.118 e. The molecule has 0 aliphatic carbocycles. The molecule has 1 rings (SSSR count). The largest absolute Gasteiger partial charge is 0.508 e. The Morgan fingerprint density at radius 2 is 1.00 bits per heavy atom. The van der Waals surface area contributed by atoms with Crippen LogP contribution in [-0.2, 0) is 6.42 Å². The van der Waals surface area contributed by atoms with Crippen LogP contribution >= 0.6 is 0 Å². The van der Waals surface area contributed by atoms with E-state index < -0.39 is 0 Å². The van der Waals surface area contributed by atoms with Crippen LogP contribution in [0.1, 0.15) is 127 Å². The fourth-order valence-electron chi connectivity index (χ4n) is 3.93. The monoisotopic (exact) mass is 374 g/mol. The molecule has 0 saturated heterocycles. The van der Waals surface area contributed by atoms with E-state index in [4.69, 9.17) is 0 Å². The molecule has 0 atom stereocenters. The van der Waals surface area contributed by atoms with Crippen molar-refractivity contribution in [3.05, 3.63) is 29.3 Å². The van der Waals surface area contributed by atoms with Crippen molar-refractivity contribution in [2.75, 3.05) is 0 Å². The third-order valence-electron chi connectivity index (χ3n) is 5.83. The first kappa shape index (κ1) is 24.1. The Balaban J connectivity index is 1.77. The van der Waals surface area contributed by atoms with Crippen LogP contribution in [0, 0.1) is 6.92 Å². The van der Waals surface area contributed by atoms with Gasteiger partial charge in [-0.1, -0.05) is 122 Å². The van der Waals surface area contributed by atoms with Crippen molar-refractivity contribution < 1.29 is 5.11 Å². The summed E-state index contributed by atoms with van der Waals surface area (Å²) >= 11 is 0. The van der Waals surface area contributed by atoms with Crippen LogP contribution in [0.4, 0.5) is 0 Å². The minimum absolute atomic E-state index is 0.418. The molecule has 0 bridgehead atoms. The Labute approximate surface area is 170 Å². The van der Waals surface area contributed by atoms with E-state index in [2.05, 4.69) is 19.1 Å². The molecule has 1 heteroatoms. The quantitative estimate of drug-likeness (QED) is 0.254. The third kappa shape index (κ3) is 13.8. The molecule has 0 saturated carbocycles. The van der Waals surface area contributed by atoms with E-state index >= 15 is 0 Å². The van der Waals surface area contributed by atoms with Gasteiger partial charge in [0.2, 0.25) is 0 Å². The fourth-order valence-corrected chi connectivity index (χ4v) is 3.93. The lowest BCUT2D eigenvalue weighted by molar-refractivity contribution is 0.470. The highest BCUT2D eigenvalue weighted by Gasteiger charge is 1.99. The molecule has 1 aromatic rings. The van der Waals surface area contributed by atoms with Crippen LogP contribution in [-0.4, -0.2) is 5.11 Å². The second-order valence-electron chi connectivity index (χ2n) is 8.53. The van der Waals surface area contributed by atoms with E-state index in [-0.39, 0.29) is 0 Å². The molecule has 27 heavy (non-hydrogen) atoms. The van der Waals surface area contributed by atoms with Crippen LogP contribution in [0.15, 0.2) is 18.2 Å². The van der Waals surface area contributed by atoms with Crippen molar-refractivity contribution in [1.29, 1.82) is 0 Å². The van der Waals surface area contributed by atoms with E-state index in [1.165, 1.54) is 115 Å². The average Bonchev–Trinajstić information content (AvgIpc) is 2.67. The van der Waals surface area contributed by atoms with Gasteiger partial charge in [-0.3, -0.25) is 0 Å². The van der Waals surface area contributed by atoms with Crippen LogP contribution < -0.4 is 0 Å². The number of unbranched alkanes of at least 4 members (excludes halogenated alkanes) is 16. The van der Waals surface area contributed by atoms with Crippen molar-refractivity contribution in [3.8, 4) is 5.75 Å². The first-order chi connectivity index (χ1) is 13.2. The molecule has 0 heterocycles. The highest BCUT2D eigenvalue weighted by Crippen LogP contribution is 2.19. The molecule has 0 amide bonds. The van der Waals surface area contributed by atoms with Gasteiger partial charge in [0.05, 0.1) is 0 Å². The minimum atomic E-state index is 0.418. The summed E-state index contributed by atoms with van der Waals surface area (Å²) in [5.74, 6) is 0.418. The van der Waals surface area contributed by atoms with Crippen molar-refractivity contribution in [3.63, 3.8) is 0 Å².